The van der Waals surface area contributed by atoms with Crippen LogP contribution in [0.15, 0.2) is 97.1 Å². The molecule has 9 heteroatoms. The molecule has 0 radical (unpaired) electrons. The van der Waals surface area contributed by atoms with Gasteiger partial charge in [-0.25, -0.2) is 0 Å². The van der Waals surface area contributed by atoms with Crippen molar-refractivity contribution in [1.82, 2.24) is 26.6 Å². The van der Waals surface area contributed by atoms with Crippen LogP contribution in [0.1, 0.15) is 59.5 Å². The van der Waals surface area contributed by atoms with Gasteiger partial charge in [0.05, 0.1) is 6.04 Å². The fourth-order valence-corrected chi connectivity index (χ4v) is 5.47. The number of benzene rings is 4. The highest BCUT2D eigenvalue weighted by Gasteiger charge is 2.26. The van der Waals surface area contributed by atoms with Crippen LogP contribution in [0.3, 0.4) is 0 Å². The molecule has 0 unspecified atom stereocenters. The lowest BCUT2D eigenvalue weighted by molar-refractivity contribution is -0.130. The van der Waals surface area contributed by atoms with E-state index in [2.05, 4.69) is 56.9 Å². The van der Waals surface area contributed by atoms with Gasteiger partial charge in [0, 0.05) is 36.8 Å². The molecule has 5 N–H and O–H groups in total. The molecule has 4 rings (SSSR count). The van der Waals surface area contributed by atoms with Crippen LogP contribution < -0.4 is 26.6 Å². The molecule has 0 aliphatic heterocycles. The van der Waals surface area contributed by atoms with Crippen LogP contribution in [0.4, 0.5) is 0 Å². The molecule has 48 heavy (non-hydrogen) atoms. The Morgan fingerprint density at radius 3 is 2.04 bits per heavy atom. The average Bonchev–Trinajstić information content (AvgIpc) is 3.09. The van der Waals surface area contributed by atoms with Crippen LogP contribution >= 0.6 is 0 Å². The number of nitrogens with one attached hydrogen (secondary N) is 5. The van der Waals surface area contributed by atoms with E-state index in [1.807, 2.05) is 63.2 Å². The second-order valence-electron chi connectivity index (χ2n) is 12.4. The number of rotatable bonds is 16. The fraction of sp³-hybridized carbons (Fsp3) is 0.333. The van der Waals surface area contributed by atoms with Gasteiger partial charge in [-0.15, -0.1) is 0 Å². The Morgan fingerprint density at radius 2 is 1.33 bits per heavy atom. The number of amides is 4. The van der Waals surface area contributed by atoms with Gasteiger partial charge in [0.1, 0.15) is 6.04 Å². The van der Waals surface area contributed by atoms with Crippen LogP contribution in [-0.4, -0.2) is 61.4 Å². The molecule has 9 nitrogen and oxygen atoms in total. The third kappa shape index (κ3) is 10.5. The number of carbonyl (C=O) groups excluding carboxylic acids is 4. The van der Waals surface area contributed by atoms with E-state index in [1.54, 1.807) is 31.2 Å². The van der Waals surface area contributed by atoms with Gasteiger partial charge < -0.3 is 26.6 Å². The predicted molar refractivity (Wildman–Crippen MR) is 191 cm³/mol. The molecule has 0 spiro atoms. The molecular weight excluding hydrogens is 602 g/mol. The molecule has 0 heterocycles. The molecule has 0 aliphatic carbocycles. The monoisotopic (exact) mass is 649 g/mol. The van der Waals surface area contributed by atoms with Crippen LogP contribution in [-0.2, 0) is 22.4 Å². The standard InChI is InChI=1S/C39H47N5O4/c1-5-40-39(48)35(26(2)3)44-36(45)27(4)42-25-34(23-28-12-7-6-8-13-28)43-38(47)33-17-11-16-32(24-33)37(46)41-21-20-29-18-19-30-14-9-10-15-31(30)22-29/h6-19,22,24,26-27,34-35,42H,5,20-21,23,25H2,1-4H3,(H,40,48)(H,41,46)(H,43,47)(H,44,45)/t27-,34-,35-/m0/s1. The van der Waals surface area contributed by atoms with E-state index in [1.165, 1.54) is 5.39 Å². The van der Waals surface area contributed by atoms with E-state index >= 15 is 0 Å². The van der Waals surface area contributed by atoms with Crippen LogP contribution in [0.2, 0.25) is 0 Å². The SMILES string of the molecule is CCNC(=O)[C@@H](NC(=O)[C@H](C)NC[C@H](Cc1ccccc1)NC(=O)c1cccc(C(=O)NCCc2ccc3ccccc3c2)c1)C(C)C. The summed E-state index contributed by atoms with van der Waals surface area (Å²) in [6.07, 6.45) is 1.21. The molecule has 4 aromatic carbocycles. The molecule has 252 valence electrons. The smallest absolute Gasteiger partial charge is 0.251 e. The molecule has 0 aliphatic rings. The minimum Gasteiger partial charge on any atom is -0.355 e. The molecule has 0 saturated carbocycles. The molecule has 0 saturated heterocycles. The van der Waals surface area contributed by atoms with Crippen molar-refractivity contribution < 1.29 is 19.2 Å². The second-order valence-corrected chi connectivity index (χ2v) is 12.4. The first-order valence-electron chi connectivity index (χ1n) is 16.7. The fourth-order valence-electron chi connectivity index (χ4n) is 5.47. The van der Waals surface area contributed by atoms with Crippen LogP contribution in [0.25, 0.3) is 10.8 Å². The Labute approximate surface area is 283 Å². The number of carbonyl (C=O) groups is 4. The summed E-state index contributed by atoms with van der Waals surface area (Å²) in [7, 11) is 0. The average molecular weight is 650 g/mol. The summed E-state index contributed by atoms with van der Waals surface area (Å²) >= 11 is 0. The van der Waals surface area contributed by atoms with E-state index in [-0.39, 0.29) is 35.6 Å². The van der Waals surface area contributed by atoms with Gasteiger partial charge in [-0.2, -0.15) is 0 Å². The van der Waals surface area contributed by atoms with Crippen molar-refractivity contribution in [1.29, 1.82) is 0 Å². The van der Waals surface area contributed by atoms with Crippen molar-refractivity contribution in [2.24, 2.45) is 5.92 Å². The minimum absolute atomic E-state index is 0.0831. The van der Waals surface area contributed by atoms with Gasteiger partial charge in [-0.05, 0) is 72.7 Å². The first kappa shape index (κ1) is 35.8. The van der Waals surface area contributed by atoms with E-state index in [4.69, 9.17) is 0 Å². The Balaban J connectivity index is 1.36. The third-order valence-electron chi connectivity index (χ3n) is 8.22. The van der Waals surface area contributed by atoms with E-state index in [0.29, 0.717) is 43.6 Å². The highest BCUT2D eigenvalue weighted by Crippen LogP contribution is 2.16. The Kier molecular flexibility index (Phi) is 13.3. The summed E-state index contributed by atoms with van der Waals surface area (Å²) in [4.78, 5) is 52.0. The number of hydrogen-bond acceptors (Lipinski definition) is 5. The largest absolute Gasteiger partial charge is 0.355 e. The lowest BCUT2D eigenvalue weighted by Gasteiger charge is -2.25. The first-order valence-corrected chi connectivity index (χ1v) is 16.7. The first-order chi connectivity index (χ1) is 23.1. The molecule has 3 atom stereocenters. The highest BCUT2D eigenvalue weighted by atomic mass is 16.2. The topological polar surface area (TPSA) is 128 Å². The van der Waals surface area contributed by atoms with Gasteiger partial charge in [-0.3, -0.25) is 19.2 Å². The Bertz CT molecular complexity index is 1690. The summed E-state index contributed by atoms with van der Waals surface area (Å²) in [6, 6.07) is 29.3. The Morgan fingerprint density at radius 1 is 0.646 bits per heavy atom. The number of hydrogen-bond donors (Lipinski definition) is 5. The molecule has 0 aromatic heterocycles. The summed E-state index contributed by atoms with van der Waals surface area (Å²) in [5.41, 5.74) is 2.92. The normalized spacial score (nSPS) is 12.9. The van der Waals surface area contributed by atoms with Crippen molar-refractivity contribution in [2.75, 3.05) is 19.6 Å². The summed E-state index contributed by atoms with van der Waals surface area (Å²) in [5, 5.41) is 17.2. The zero-order valence-electron chi connectivity index (χ0n) is 28.2. The maximum absolute atomic E-state index is 13.5. The second kappa shape index (κ2) is 17.8. The summed E-state index contributed by atoms with van der Waals surface area (Å²) in [5.74, 6) is -1.18. The minimum atomic E-state index is -0.648. The molecular formula is C39H47N5O4. The summed E-state index contributed by atoms with van der Waals surface area (Å²) in [6.45, 7) is 8.58. The van der Waals surface area contributed by atoms with Crippen molar-refractivity contribution in [3.05, 3.63) is 119 Å². The molecule has 4 amide bonds. The zero-order valence-corrected chi connectivity index (χ0v) is 28.2. The van der Waals surface area contributed by atoms with Crippen LogP contribution in [0.5, 0.6) is 0 Å². The van der Waals surface area contributed by atoms with E-state index in [0.717, 1.165) is 16.5 Å². The van der Waals surface area contributed by atoms with E-state index < -0.39 is 12.1 Å². The van der Waals surface area contributed by atoms with Crippen molar-refractivity contribution >= 4 is 34.4 Å². The quantitative estimate of drug-likeness (QED) is 0.123. The third-order valence-corrected chi connectivity index (χ3v) is 8.22. The lowest BCUT2D eigenvalue weighted by atomic mass is 10.0. The highest BCUT2D eigenvalue weighted by molar-refractivity contribution is 5.99. The van der Waals surface area contributed by atoms with Crippen molar-refractivity contribution in [2.45, 2.75) is 58.7 Å². The van der Waals surface area contributed by atoms with Gasteiger partial charge in [-0.1, -0.05) is 92.7 Å². The Hall–Kier alpha value is -5.02. The number of fused-ring (bicyclic) bond motifs is 1. The lowest BCUT2D eigenvalue weighted by Crippen LogP contribution is -2.55. The molecule has 0 bridgehead atoms. The van der Waals surface area contributed by atoms with Crippen molar-refractivity contribution in [3.63, 3.8) is 0 Å². The predicted octanol–water partition coefficient (Wildman–Crippen LogP) is 4.41. The van der Waals surface area contributed by atoms with Gasteiger partial charge in [0.2, 0.25) is 11.8 Å². The maximum atomic E-state index is 13.5. The summed E-state index contributed by atoms with van der Waals surface area (Å²) < 4.78 is 0. The maximum Gasteiger partial charge on any atom is 0.251 e. The van der Waals surface area contributed by atoms with Gasteiger partial charge in [0.25, 0.3) is 11.8 Å². The van der Waals surface area contributed by atoms with Crippen molar-refractivity contribution in [3.8, 4) is 0 Å². The van der Waals surface area contributed by atoms with Gasteiger partial charge in [0.15, 0.2) is 0 Å². The van der Waals surface area contributed by atoms with Gasteiger partial charge >= 0.3 is 0 Å². The van der Waals surface area contributed by atoms with Crippen LogP contribution in [0, 0.1) is 5.92 Å². The number of likely N-dealkylation sites (N-methyl/N-ethyl adjacent to an activating group) is 1. The molecule has 4 aromatic rings. The zero-order chi connectivity index (χ0) is 34.5. The molecule has 0 fully saturated rings. The van der Waals surface area contributed by atoms with E-state index in [9.17, 15) is 19.2 Å².